The standard InChI is InChI=1S/C27H41N3O/c1-25(2,3)24-21-8-7-19-17-20(18-22(19)23(21)31-28-24)29-13-9-27(10-14-29)11-15-30(16-12-27)26(4,5)6/h7-8,20H,9-18H2,1-6H3. The maximum absolute atomic E-state index is 5.91. The zero-order chi connectivity index (χ0) is 22.0. The van der Waals surface area contributed by atoms with Crippen molar-refractivity contribution < 1.29 is 4.52 Å². The SMILES string of the molecule is CC(C)(C)c1noc2c3c(ccc12)CC(N1CCC2(CC1)CCN(C(C)(C)C)CC2)C3. The van der Waals surface area contributed by atoms with Crippen molar-refractivity contribution in [2.45, 2.75) is 97.1 Å². The number of nitrogens with zero attached hydrogens (tertiary/aromatic N) is 3. The summed E-state index contributed by atoms with van der Waals surface area (Å²) in [7, 11) is 0. The number of piperidine rings is 2. The van der Waals surface area contributed by atoms with E-state index < -0.39 is 0 Å². The van der Waals surface area contributed by atoms with Crippen molar-refractivity contribution in [3.8, 4) is 0 Å². The van der Waals surface area contributed by atoms with E-state index in [1.165, 1.54) is 74.8 Å². The number of fused-ring (bicyclic) bond motifs is 3. The van der Waals surface area contributed by atoms with Crippen LogP contribution in [0.4, 0.5) is 0 Å². The number of hydrogen-bond donors (Lipinski definition) is 0. The molecule has 0 saturated carbocycles. The molecule has 0 N–H and O–H groups in total. The van der Waals surface area contributed by atoms with Crippen LogP contribution in [-0.2, 0) is 18.3 Å². The highest BCUT2D eigenvalue weighted by molar-refractivity contribution is 5.85. The summed E-state index contributed by atoms with van der Waals surface area (Å²) in [4.78, 5) is 5.47. The van der Waals surface area contributed by atoms with Crippen LogP contribution in [0.5, 0.6) is 0 Å². The molecule has 1 atom stereocenters. The van der Waals surface area contributed by atoms with Gasteiger partial charge in [-0.2, -0.15) is 0 Å². The molecule has 2 aromatic rings. The summed E-state index contributed by atoms with van der Waals surface area (Å²) in [6.07, 6.45) is 7.82. The molecular formula is C27H41N3O. The molecule has 1 aliphatic carbocycles. The largest absolute Gasteiger partial charge is 0.356 e. The van der Waals surface area contributed by atoms with Crippen LogP contribution in [-0.4, -0.2) is 52.7 Å². The van der Waals surface area contributed by atoms with E-state index in [4.69, 9.17) is 4.52 Å². The molecule has 1 unspecified atom stereocenters. The van der Waals surface area contributed by atoms with Gasteiger partial charge in [-0.25, -0.2) is 0 Å². The van der Waals surface area contributed by atoms with Gasteiger partial charge in [0.05, 0.1) is 5.69 Å². The van der Waals surface area contributed by atoms with Crippen LogP contribution >= 0.6 is 0 Å². The van der Waals surface area contributed by atoms with Gasteiger partial charge in [0.1, 0.15) is 0 Å². The molecule has 0 radical (unpaired) electrons. The fourth-order valence-corrected chi connectivity index (χ4v) is 6.39. The smallest absolute Gasteiger partial charge is 0.170 e. The molecule has 2 aliphatic heterocycles. The molecule has 3 aliphatic rings. The van der Waals surface area contributed by atoms with Crippen molar-refractivity contribution in [2.24, 2.45) is 5.41 Å². The van der Waals surface area contributed by atoms with Crippen molar-refractivity contribution in [1.29, 1.82) is 0 Å². The van der Waals surface area contributed by atoms with Crippen molar-refractivity contribution in [2.75, 3.05) is 26.2 Å². The molecule has 0 bridgehead atoms. The molecule has 4 nitrogen and oxygen atoms in total. The Bertz CT molecular complexity index is 943. The Morgan fingerprint density at radius 1 is 0.903 bits per heavy atom. The number of rotatable bonds is 1. The van der Waals surface area contributed by atoms with Crippen molar-refractivity contribution in [1.82, 2.24) is 15.0 Å². The topological polar surface area (TPSA) is 32.5 Å². The Hall–Kier alpha value is -1.39. The maximum Gasteiger partial charge on any atom is 0.170 e. The van der Waals surface area contributed by atoms with E-state index in [1.54, 1.807) is 0 Å². The number of benzene rings is 1. The average Bonchev–Trinajstić information content (AvgIpc) is 3.32. The van der Waals surface area contributed by atoms with Crippen molar-refractivity contribution >= 4 is 11.0 Å². The molecule has 31 heavy (non-hydrogen) atoms. The predicted octanol–water partition coefficient (Wildman–Crippen LogP) is 5.57. The molecule has 4 heteroatoms. The first-order valence-corrected chi connectivity index (χ1v) is 12.5. The maximum atomic E-state index is 5.91. The van der Waals surface area contributed by atoms with E-state index in [2.05, 4.69) is 68.6 Å². The molecule has 2 fully saturated rings. The lowest BCUT2D eigenvalue weighted by Crippen LogP contribution is -2.53. The summed E-state index contributed by atoms with van der Waals surface area (Å²) < 4.78 is 5.91. The van der Waals surface area contributed by atoms with Gasteiger partial charge in [0.2, 0.25) is 0 Å². The molecule has 3 heterocycles. The lowest BCUT2D eigenvalue weighted by molar-refractivity contribution is -0.00459. The Labute approximate surface area is 188 Å². The molecular weight excluding hydrogens is 382 g/mol. The van der Waals surface area contributed by atoms with Gasteiger partial charge in [0.15, 0.2) is 5.58 Å². The second-order valence-corrected chi connectivity index (χ2v) is 12.6. The highest BCUT2D eigenvalue weighted by Gasteiger charge is 2.41. The van der Waals surface area contributed by atoms with Gasteiger partial charge in [-0.15, -0.1) is 0 Å². The summed E-state index contributed by atoms with van der Waals surface area (Å²) in [5, 5.41) is 5.69. The molecule has 1 aromatic carbocycles. The van der Waals surface area contributed by atoms with Crippen LogP contribution in [0.25, 0.3) is 11.0 Å². The zero-order valence-corrected chi connectivity index (χ0v) is 20.6. The van der Waals surface area contributed by atoms with E-state index in [-0.39, 0.29) is 5.41 Å². The monoisotopic (exact) mass is 423 g/mol. The third-order valence-corrected chi connectivity index (χ3v) is 8.59. The van der Waals surface area contributed by atoms with Crippen LogP contribution < -0.4 is 0 Å². The fourth-order valence-electron chi connectivity index (χ4n) is 6.39. The highest BCUT2D eigenvalue weighted by atomic mass is 16.5. The Balaban J connectivity index is 1.25. The highest BCUT2D eigenvalue weighted by Crippen LogP contribution is 2.44. The quantitative estimate of drug-likeness (QED) is 0.600. The van der Waals surface area contributed by atoms with Crippen LogP contribution in [0.2, 0.25) is 0 Å². The van der Waals surface area contributed by atoms with E-state index in [9.17, 15) is 0 Å². The first kappa shape index (κ1) is 21.5. The van der Waals surface area contributed by atoms with Crippen LogP contribution in [0.1, 0.15) is 84.0 Å². The lowest BCUT2D eigenvalue weighted by Gasteiger charge is -2.50. The number of hydrogen-bond acceptors (Lipinski definition) is 4. The summed E-state index contributed by atoms with van der Waals surface area (Å²) in [6, 6.07) is 5.23. The summed E-state index contributed by atoms with van der Waals surface area (Å²) in [5.41, 5.74) is 5.97. The minimum atomic E-state index is 0.0151. The van der Waals surface area contributed by atoms with Crippen molar-refractivity contribution in [3.05, 3.63) is 29.0 Å². The Morgan fingerprint density at radius 3 is 2.16 bits per heavy atom. The van der Waals surface area contributed by atoms with Gasteiger partial charge in [-0.1, -0.05) is 32.0 Å². The van der Waals surface area contributed by atoms with E-state index in [0.29, 0.717) is 17.0 Å². The van der Waals surface area contributed by atoms with Gasteiger partial charge in [-0.3, -0.25) is 9.80 Å². The molecule has 0 amide bonds. The second-order valence-electron chi connectivity index (χ2n) is 12.6. The summed E-state index contributed by atoms with van der Waals surface area (Å²) in [6.45, 7) is 18.8. The fraction of sp³-hybridized carbons (Fsp3) is 0.741. The third-order valence-electron chi connectivity index (χ3n) is 8.59. The van der Waals surface area contributed by atoms with Gasteiger partial charge < -0.3 is 4.52 Å². The van der Waals surface area contributed by atoms with Crippen molar-refractivity contribution in [3.63, 3.8) is 0 Å². The van der Waals surface area contributed by atoms with Gasteiger partial charge in [0.25, 0.3) is 0 Å². The zero-order valence-electron chi connectivity index (χ0n) is 20.6. The van der Waals surface area contributed by atoms with Gasteiger partial charge in [0, 0.05) is 27.9 Å². The van der Waals surface area contributed by atoms with E-state index in [0.717, 1.165) is 17.7 Å². The second kappa shape index (κ2) is 7.31. The van der Waals surface area contributed by atoms with Crippen LogP contribution in [0.3, 0.4) is 0 Å². The summed E-state index contributed by atoms with van der Waals surface area (Å²) in [5.74, 6) is 0. The van der Waals surface area contributed by atoms with Crippen LogP contribution in [0.15, 0.2) is 16.7 Å². The number of likely N-dealkylation sites (tertiary alicyclic amines) is 2. The van der Waals surface area contributed by atoms with Crippen LogP contribution in [0, 0.1) is 5.41 Å². The third kappa shape index (κ3) is 3.84. The van der Waals surface area contributed by atoms with Gasteiger partial charge in [-0.05, 0) is 103 Å². The Morgan fingerprint density at radius 2 is 1.55 bits per heavy atom. The lowest BCUT2D eigenvalue weighted by atomic mass is 9.70. The van der Waals surface area contributed by atoms with E-state index >= 15 is 0 Å². The minimum Gasteiger partial charge on any atom is -0.356 e. The Kier molecular flexibility index (Phi) is 5.06. The average molecular weight is 424 g/mol. The molecule has 1 aromatic heterocycles. The van der Waals surface area contributed by atoms with E-state index in [1.807, 2.05) is 0 Å². The molecule has 170 valence electrons. The molecule has 1 spiro atoms. The summed E-state index contributed by atoms with van der Waals surface area (Å²) >= 11 is 0. The minimum absolute atomic E-state index is 0.0151. The number of aromatic nitrogens is 1. The predicted molar refractivity (Wildman–Crippen MR) is 128 cm³/mol. The van der Waals surface area contributed by atoms with Gasteiger partial charge >= 0.3 is 0 Å². The first-order chi connectivity index (χ1) is 14.6. The molecule has 5 rings (SSSR count). The first-order valence-electron chi connectivity index (χ1n) is 12.5. The molecule has 2 saturated heterocycles. The normalized spacial score (nSPS) is 25.4.